The fourth-order valence-corrected chi connectivity index (χ4v) is 4.54. The lowest BCUT2D eigenvalue weighted by Crippen LogP contribution is -2.51. The quantitative estimate of drug-likeness (QED) is 0.463. The first-order chi connectivity index (χ1) is 16.1. The summed E-state index contributed by atoms with van der Waals surface area (Å²) in [6.45, 7) is 7.99. The van der Waals surface area contributed by atoms with Crippen LogP contribution in [0.15, 0.2) is 48.5 Å². The molecule has 0 aliphatic heterocycles. The number of unbranched alkanes of at least 4 members (excludes halogenated alkanes) is 1. The maximum atomic E-state index is 13.6. The van der Waals surface area contributed by atoms with Crippen molar-refractivity contribution in [1.82, 2.24) is 10.2 Å². The van der Waals surface area contributed by atoms with Gasteiger partial charge in [-0.05, 0) is 43.9 Å². The normalized spacial score (nSPS) is 12.1. The number of nitrogens with zero attached hydrogens (tertiary/aromatic N) is 2. The zero-order chi connectivity index (χ0) is 25.3. The molecular formula is C26H37N3O4S. The molecule has 0 heterocycles. The molecule has 2 aromatic carbocycles. The Kier molecular flexibility index (Phi) is 10.1. The third-order valence-electron chi connectivity index (χ3n) is 5.79. The molecule has 2 amide bonds. The van der Waals surface area contributed by atoms with Gasteiger partial charge >= 0.3 is 0 Å². The number of aryl methyl sites for hydroxylation is 2. The van der Waals surface area contributed by atoms with Crippen LogP contribution in [-0.4, -0.2) is 50.5 Å². The Hall–Kier alpha value is -2.87. The van der Waals surface area contributed by atoms with Crippen LogP contribution in [0, 0.1) is 6.92 Å². The van der Waals surface area contributed by atoms with Crippen molar-refractivity contribution in [3.63, 3.8) is 0 Å². The van der Waals surface area contributed by atoms with Crippen molar-refractivity contribution < 1.29 is 18.0 Å². The van der Waals surface area contributed by atoms with Crippen LogP contribution in [0.2, 0.25) is 0 Å². The highest BCUT2D eigenvalue weighted by Crippen LogP contribution is 2.24. The smallest absolute Gasteiger partial charge is 0.244 e. The average molecular weight is 488 g/mol. The molecule has 0 aromatic heterocycles. The van der Waals surface area contributed by atoms with Crippen LogP contribution >= 0.6 is 0 Å². The summed E-state index contributed by atoms with van der Waals surface area (Å²) >= 11 is 0. The lowest BCUT2D eigenvalue weighted by atomic mass is 10.1. The Morgan fingerprint density at radius 3 is 2.26 bits per heavy atom. The summed E-state index contributed by atoms with van der Waals surface area (Å²) in [5, 5.41) is 2.88. The van der Waals surface area contributed by atoms with Gasteiger partial charge in [0.25, 0.3) is 0 Å². The van der Waals surface area contributed by atoms with E-state index in [1.807, 2.05) is 57.2 Å². The number of carbonyl (C=O) groups excluding carboxylic acids is 2. The summed E-state index contributed by atoms with van der Waals surface area (Å²) in [6.07, 6.45) is 3.51. The third-order valence-corrected chi connectivity index (χ3v) is 6.92. The molecule has 1 N–H and O–H groups in total. The molecule has 0 unspecified atom stereocenters. The molecule has 7 nitrogen and oxygen atoms in total. The number of benzene rings is 2. The van der Waals surface area contributed by atoms with Gasteiger partial charge in [-0.1, -0.05) is 68.3 Å². The van der Waals surface area contributed by atoms with Crippen molar-refractivity contribution in [2.24, 2.45) is 0 Å². The first-order valence-electron chi connectivity index (χ1n) is 11.8. The minimum absolute atomic E-state index is 0.203. The number of amides is 2. The Morgan fingerprint density at radius 2 is 1.68 bits per heavy atom. The number of hydrogen-bond acceptors (Lipinski definition) is 4. The van der Waals surface area contributed by atoms with Crippen LogP contribution in [0.4, 0.5) is 5.69 Å². The molecule has 2 rings (SSSR count). The van der Waals surface area contributed by atoms with E-state index in [9.17, 15) is 18.0 Å². The van der Waals surface area contributed by atoms with Crippen LogP contribution in [0.5, 0.6) is 0 Å². The second-order valence-corrected chi connectivity index (χ2v) is 10.5. The van der Waals surface area contributed by atoms with E-state index < -0.39 is 22.0 Å². The van der Waals surface area contributed by atoms with Gasteiger partial charge in [0.1, 0.15) is 12.6 Å². The molecular weight excluding hydrogens is 450 g/mol. The van der Waals surface area contributed by atoms with E-state index in [-0.39, 0.29) is 19.0 Å². The van der Waals surface area contributed by atoms with Crippen LogP contribution in [0.1, 0.15) is 50.3 Å². The lowest BCUT2D eigenvalue weighted by Gasteiger charge is -2.32. The van der Waals surface area contributed by atoms with E-state index >= 15 is 0 Å². The predicted molar refractivity (Wildman–Crippen MR) is 137 cm³/mol. The van der Waals surface area contributed by atoms with Crippen molar-refractivity contribution in [3.8, 4) is 0 Å². The van der Waals surface area contributed by atoms with Gasteiger partial charge in [0.2, 0.25) is 21.8 Å². The maximum absolute atomic E-state index is 13.6. The first-order valence-corrected chi connectivity index (χ1v) is 13.6. The number of hydrogen-bond donors (Lipinski definition) is 1. The molecule has 0 bridgehead atoms. The average Bonchev–Trinajstić information content (AvgIpc) is 2.81. The monoisotopic (exact) mass is 487 g/mol. The zero-order valence-corrected chi connectivity index (χ0v) is 21.7. The van der Waals surface area contributed by atoms with Gasteiger partial charge in [0.05, 0.1) is 11.9 Å². The van der Waals surface area contributed by atoms with Crippen LogP contribution in [-0.2, 0) is 32.6 Å². The molecule has 0 radical (unpaired) electrons. The predicted octanol–water partition coefficient (Wildman–Crippen LogP) is 3.66. The van der Waals surface area contributed by atoms with Crippen molar-refractivity contribution in [2.45, 2.75) is 59.5 Å². The fraction of sp³-hybridized carbons (Fsp3) is 0.462. The molecule has 0 aliphatic rings. The third kappa shape index (κ3) is 7.58. The van der Waals surface area contributed by atoms with Crippen molar-refractivity contribution >= 4 is 27.5 Å². The number of carbonyl (C=O) groups is 2. The molecule has 34 heavy (non-hydrogen) atoms. The lowest BCUT2D eigenvalue weighted by molar-refractivity contribution is -0.139. The summed E-state index contributed by atoms with van der Waals surface area (Å²) in [4.78, 5) is 27.8. The Labute approximate surface area is 204 Å². The van der Waals surface area contributed by atoms with E-state index in [0.29, 0.717) is 18.7 Å². The largest absolute Gasteiger partial charge is 0.354 e. The van der Waals surface area contributed by atoms with Gasteiger partial charge in [0, 0.05) is 13.1 Å². The van der Waals surface area contributed by atoms with Gasteiger partial charge in [0.15, 0.2) is 0 Å². The second-order valence-electron chi connectivity index (χ2n) is 8.58. The Morgan fingerprint density at radius 1 is 1.03 bits per heavy atom. The molecule has 1 atom stereocenters. The SMILES string of the molecule is CCCCNC(=O)[C@@H](C)N(Cc1ccc(C)cc1)C(=O)CN(c1ccccc1CC)S(C)(=O)=O. The number of anilines is 1. The standard InChI is InChI=1S/C26H37N3O4S/c1-6-8-17-27-26(31)21(4)28(18-22-15-13-20(3)14-16-22)25(30)19-29(34(5,32)33)24-12-10-9-11-23(24)7-2/h9-16,21H,6-8,17-19H2,1-5H3,(H,27,31)/t21-/m1/s1. The van der Waals surface area contributed by atoms with Gasteiger partial charge in [-0.25, -0.2) is 8.42 Å². The Bertz CT molecular complexity index is 1070. The summed E-state index contributed by atoms with van der Waals surface area (Å²) < 4.78 is 26.6. The van der Waals surface area contributed by atoms with Crippen molar-refractivity contribution in [1.29, 1.82) is 0 Å². The maximum Gasteiger partial charge on any atom is 0.244 e. The van der Waals surface area contributed by atoms with E-state index in [1.54, 1.807) is 19.1 Å². The van der Waals surface area contributed by atoms with Crippen molar-refractivity contribution in [2.75, 3.05) is 23.7 Å². The molecule has 186 valence electrons. The first kappa shape index (κ1) is 27.4. The molecule has 0 saturated carbocycles. The Balaban J connectivity index is 2.37. The second kappa shape index (κ2) is 12.6. The van der Waals surface area contributed by atoms with Gasteiger partial charge in [-0.15, -0.1) is 0 Å². The minimum atomic E-state index is -3.74. The molecule has 0 fully saturated rings. The highest BCUT2D eigenvalue weighted by atomic mass is 32.2. The topological polar surface area (TPSA) is 86.8 Å². The summed E-state index contributed by atoms with van der Waals surface area (Å²) in [5.74, 6) is -0.691. The van der Waals surface area contributed by atoms with Gasteiger partial charge in [-0.3, -0.25) is 13.9 Å². The van der Waals surface area contributed by atoms with Crippen LogP contribution in [0.25, 0.3) is 0 Å². The molecule has 0 saturated heterocycles. The van der Waals surface area contributed by atoms with E-state index in [1.165, 1.54) is 4.90 Å². The van der Waals surface area contributed by atoms with Gasteiger partial charge in [-0.2, -0.15) is 0 Å². The number of para-hydroxylation sites is 1. The van der Waals surface area contributed by atoms with Crippen molar-refractivity contribution in [3.05, 3.63) is 65.2 Å². The summed E-state index contributed by atoms with van der Waals surface area (Å²) in [6, 6.07) is 14.1. The zero-order valence-electron chi connectivity index (χ0n) is 20.9. The molecule has 0 spiro atoms. The molecule has 8 heteroatoms. The summed E-state index contributed by atoms with van der Waals surface area (Å²) in [7, 11) is -3.74. The number of sulfonamides is 1. The molecule has 2 aromatic rings. The highest BCUT2D eigenvalue weighted by molar-refractivity contribution is 7.92. The fourth-order valence-electron chi connectivity index (χ4n) is 3.66. The van der Waals surface area contributed by atoms with E-state index in [0.717, 1.165) is 40.1 Å². The van der Waals surface area contributed by atoms with E-state index in [4.69, 9.17) is 0 Å². The molecule has 0 aliphatic carbocycles. The van der Waals surface area contributed by atoms with E-state index in [2.05, 4.69) is 5.32 Å². The summed E-state index contributed by atoms with van der Waals surface area (Å²) in [5.41, 5.74) is 3.27. The minimum Gasteiger partial charge on any atom is -0.354 e. The van der Waals surface area contributed by atoms with Crippen LogP contribution < -0.4 is 9.62 Å². The van der Waals surface area contributed by atoms with Gasteiger partial charge < -0.3 is 10.2 Å². The number of rotatable bonds is 12. The van der Waals surface area contributed by atoms with Crippen LogP contribution in [0.3, 0.4) is 0 Å². The number of nitrogens with one attached hydrogen (secondary N) is 1. The highest BCUT2D eigenvalue weighted by Gasteiger charge is 2.30.